The van der Waals surface area contributed by atoms with E-state index in [-0.39, 0.29) is 17.0 Å². The monoisotopic (exact) mass is 271 g/mol. The molecule has 0 aliphatic carbocycles. The van der Waals surface area contributed by atoms with Crippen LogP contribution in [0.4, 0.5) is 5.69 Å². The minimum Gasteiger partial charge on any atom is -0.469 e. The van der Waals surface area contributed by atoms with E-state index in [1.165, 1.54) is 25.3 Å². The lowest BCUT2D eigenvalue weighted by Crippen LogP contribution is -2.17. The van der Waals surface area contributed by atoms with Gasteiger partial charge in [0.05, 0.1) is 29.3 Å². The van der Waals surface area contributed by atoms with Crippen LogP contribution in [0.2, 0.25) is 0 Å². The number of nitro groups is 1. The van der Waals surface area contributed by atoms with E-state index in [1.807, 2.05) is 0 Å². The fraction of sp³-hybridized carbons (Fsp3) is 0.364. The zero-order chi connectivity index (χ0) is 13.7. The Hall–Kier alpha value is -1.76. The van der Waals surface area contributed by atoms with Crippen LogP contribution < -0.4 is 0 Å². The maximum Gasteiger partial charge on any atom is 0.306 e. The number of carbonyl (C=O) groups excluding carboxylic acids is 1. The first-order valence-electron chi connectivity index (χ1n) is 5.18. The van der Waals surface area contributed by atoms with Gasteiger partial charge in [-0.25, -0.2) is 0 Å². The second-order valence-electron chi connectivity index (χ2n) is 3.61. The van der Waals surface area contributed by atoms with Gasteiger partial charge >= 0.3 is 5.97 Å². The maximum atomic E-state index is 12.1. The minimum atomic E-state index is -1.62. The van der Waals surface area contributed by atoms with Gasteiger partial charge in [0.1, 0.15) is 4.90 Å². The average molecular weight is 271 g/mol. The lowest BCUT2D eigenvalue weighted by Gasteiger charge is -2.10. The molecule has 0 amide bonds. The lowest BCUT2D eigenvalue weighted by atomic mass is 10.3. The Balaban J connectivity index is 2.97. The van der Waals surface area contributed by atoms with E-state index in [4.69, 9.17) is 0 Å². The Kier molecular flexibility index (Phi) is 4.96. The molecule has 0 saturated heterocycles. The van der Waals surface area contributed by atoms with Gasteiger partial charge in [-0.2, -0.15) is 0 Å². The third-order valence-corrected chi connectivity index (χ3v) is 4.00. The van der Waals surface area contributed by atoms with E-state index in [2.05, 4.69) is 4.74 Å². The Morgan fingerprint density at radius 2 is 2.11 bits per heavy atom. The average Bonchev–Trinajstić information content (AvgIpc) is 2.37. The molecule has 0 fully saturated rings. The second kappa shape index (κ2) is 6.25. The number of hydrogen-bond donors (Lipinski definition) is 0. The van der Waals surface area contributed by atoms with Crippen LogP contribution in [0.25, 0.3) is 0 Å². The van der Waals surface area contributed by atoms with Crippen molar-refractivity contribution in [3.8, 4) is 0 Å². The van der Waals surface area contributed by atoms with Gasteiger partial charge in [-0.1, -0.05) is 12.1 Å². The topological polar surface area (TPSA) is 86.5 Å². The molecular formula is C11H13NO5S. The zero-order valence-corrected chi connectivity index (χ0v) is 10.8. The number of esters is 1. The molecule has 0 aliphatic rings. The van der Waals surface area contributed by atoms with E-state index in [0.717, 1.165) is 0 Å². The Labute approximate surface area is 107 Å². The fourth-order valence-corrected chi connectivity index (χ4v) is 2.67. The molecule has 2 atom stereocenters. The van der Waals surface area contributed by atoms with Crippen LogP contribution in [0.15, 0.2) is 29.2 Å². The van der Waals surface area contributed by atoms with Gasteiger partial charge in [0, 0.05) is 11.3 Å². The lowest BCUT2D eigenvalue weighted by molar-refractivity contribution is -0.387. The highest BCUT2D eigenvalue weighted by atomic mass is 32.2. The number of rotatable bonds is 5. The van der Waals surface area contributed by atoms with E-state index < -0.39 is 26.9 Å². The Bertz CT molecular complexity index is 488. The predicted octanol–water partition coefficient (Wildman–Crippen LogP) is 1.65. The molecule has 0 aromatic heterocycles. The number of carbonyl (C=O) groups is 1. The summed E-state index contributed by atoms with van der Waals surface area (Å²) in [6, 6.07) is 5.80. The summed E-state index contributed by atoms with van der Waals surface area (Å²) in [5.41, 5.74) is -0.201. The summed E-state index contributed by atoms with van der Waals surface area (Å²) in [4.78, 5) is 21.4. The summed E-state index contributed by atoms with van der Waals surface area (Å²) in [6.07, 6.45) is -0.0465. The predicted molar refractivity (Wildman–Crippen MR) is 65.6 cm³/mol. The van der Waals surface area contributed by atoms with Crippen LogP contribution in [-0.2, 0) is 20.3 Å². The third kappa shape index (κ3) is 3.36. The molecule has 0 radical (unpaired) electrons. The number of nitrogens with zero attached hydrogens (tertiary/aromatic N) is 1. The minimum absolute atomic E-state index is 0.0465. The molecule has 1 rings (SSSR count). The standard InChI is InChI=1S/C11H13NO5S/c1-8(7-11(13)17-2)18(16)10-6-4-3-5-9(10)12(14)15/h3-6,8H,7H2,1-2H3. The molecule has 98 valence electrons. The van der Waals surface area contributed by atoms with Crippen LogP contribution in [0, 0.1) is 10.1 Å². The normalized spacial score (nSPS) is 13.7. The highest BCUT2D eigenvalue weighted by Gasteiger charge is 2.24. The van der Waals surface area contributed by atoms with E-state index in [0.29, 0.717) is 0 Å². The second-order valence-corrected chi connectivity index (χ2v) is 5.45. The molecule has 6 nitrogen and oxygen atoms in total. The van der Waals surface area contributed by atoms with E-state index >= 15 is 0 Å². The molecule has 2 unspecified atom stereocenters. The highest BCUT2D eigenvalue weighted by molar-refractivity contribution is 7.85. The van der Waals surface area contributed by atoms with E-state index in [9.17, 15) is 19.1 Å². The SMILES string of the molecule is COC(=O)CC(C)S(=O)c1ccccc1[N+](=O)[O-]. The molecule has 0 aliphatic heterocycles. The van der Waals surface area contributed by atoms with E-state index in [1.54, 1.807) is 13.0 Å². The summed E-state index contributed by atoms with van der Waals surface area (Å²) in [6.45, 7) is 1.59. The number of ether oxygens (including phenoxy) is 1. The zero-order valence-electron chi connectivity index (χ0n) is 9.99. The quantitative estimate of drug-likeness (QED) is 0.461. The first-order valence-corrected chi connectivity index (χ1v) is 6.39. The number of methoxy groups -OCH3 is 1. The molecule has 18 heavy (non-hydrogen) atoms. The number of para-hydroxylation sites is 1. The van der Waals surface area contributed by atoms with Crippen LogP contribution in [0.3, 0.4) is 0 Å². The summed E-state index contributed by atoms with van der Waals surface area (Å²) >= 11 is 0. The van der Waals surface area contributed by atoms with Gasteiger partial charge in [0.2, 0.25) is 0 Å². The van der Waals surface area contributed by atoms with Gasteiger partial charge in [-0.05, 0) is 13.0 Å². The van der Waals surface area contributed by atoms with Crippen molar-refractivity contribution in [1.82, 2.24) is 0 Å². The molecule has 1 aromatic rings. The molecule has 1 aromatic carbocycles. The van der Waals surface area contributed by atoms with Gasteiger partial charge in [0.25, 0.3) is 5.69 Å². The number of hydrogen-bond acceptors (Lipinski definition) is 5. The first-order chi connectivity index (χ1) is 8.47. The molecule has 0 spiro atoms. The van der Waals surface area contributed by atoms with Crippen LogP contribution in [0.1, 0.15) is 13.3 Å². The van der Waals surface area contributed by atoms with Crippen LogP contribution in [0.5, 0.6) is 0 Å². The van der Waals surface area contributed by atoms with Gasteiger partial charge < -0.3 is 4.74 Å². The van der Waals surface area contributed by atoms with Crippen molar-refractivity contribution in [2.75, 3.05) is 7.11 Å². The molecular weight excluding hydrogens is 258 g/mol. The molecule has 7 heteroatoms. The van der Waals surface area contributed by atoms with Crippen molar-refractivity contribution < 1.29 is 18.7 Å². The summed E-state index contributed by atoms with van der Waals surface area (Å²) in [5.74, 6) is -0.491. The summed E-state index contributed by atoms with van der Waals surface area (Å²) < 4.78 is 16.6. The third-order valence-electron chi connectivity index (χ3n) is 2.33. The maximum absolute atomic E-state index is 12.1. The largest absolute Gasteiger partial charge is 0.469 e. The van der Waals surface area contributed by atoms with Gasteiger partial charge in [-0.15, -0.1) is 0 Å². The Morgan fingerprint density at radius 1 is 1.50 bits per heavy atom. The summed E-state index contributed by atoms with van der Waals surface area (Å²) in [7, 11) is -0.386. The summed E-state index contributed by atoms with van der Waals surface area (Å²) in [5, 5.41) is 10.3. The molecule has 0 bridgehead atoms. The van der Waals surface area contributed by atoms with Gasteiger partial charge in [0.15, 0.2) is 0 Å². The van der Waals surface area contributed by atoms with Crippen molar-refractivity contribution in [2.45, 2.75) is 23.5 Å². The van der Waals surface area contributed by atoms with Crippen molar-refractivity contribution >= 4 is 22.5 Å². The van der Waals surface area contributed by atoms with Crippen molar-refractivity contribution in [3.63, 3.8) is 0 Å². The van der Waals surface area contributed by atoms with Crippen molar-refractivity contribution in [3.05, 3.63) is 34.4 Å². The first kappa shape index (κ1) is 14.3. The van der Waals surface area contributed by atoms with Crippen LogP contribution >= 0.6 is 0 Å². The smallest absolute Gasteiger partial charge is 0.306 e. The van der Waals surface area contributed by atoms with Crippen molar-refractivity contribution in [2.24, 2.45) is 0 Å². The Morgan fingerprint density at radius 3 is 2.67 bits per heavy atom. The van der Waals surface area contributed by atoms with Crippen molar-refractivity contribution in [1.29, 1.82) is 0 Å². The number of benzene rings is 1. The molecule has 0 saturated carbocycles. The highest BCUT2D eigenvalue weighted by Crippen LogP contribution is 2.24. The fourth-order valence-electron chi connectivity index (χ4n) is 1.39. The number of nitro benzene ring substituents is 1. The van der Waals surface area contributed by atoms with Gasteiger partial charge in [-0.3, -0.25) is 19.1 Å². The van der Waals surface area contributed by atoms with Crippen LogP contribution in [-0.4, -0.2) is 27.5 Å². The molecule has 0 N–H and O–H groups in total. The molecule has 0 heterocycles.